The summed E-state index contributed by atoms with van der Waals surface area (Å²) in [7, 11) is 0. The fraction of sp³-hybridized carbons (Fsp3) is 0.263. The summed E-state index contributed by atoms with van der Waals surface area (Å²) in [4.78, 5) is 24.2. The molecule has 0 aliphatic carbocycles. The number of ketones is 1. The monoisotopic (exact) mass is 342 g/mol. The summed E-state index contributed by atoms with van der Waals surface area (Å²) in [6.45, 7) is 0.647. The third kappa shape index (κ3) is 4.16. The summed E-state index contributed by atoms with van der Waals surface area (Å²) in [6, 6.07) is 11.3. The molecule has 0 aromatic heterocycles. The van der Waals surface area contributed by atoms with Gasteiger partial charge in [0.1, 0.15) is 0 Å². The minimum Gasteiger partial charge on any atom is -0.490 e. The molecule has 0 radical (unpaired) electrons. The molecular formula is C19H18O6. The lowest BCUT2D eigenvalue weighted by Gasteiger charge is -2.09. The van der Waals surface area contributed by atoms with Crippen LogP contribution in [-0.2, 0) is 11.3 Å². The number of carbonyl (C=O) groups excluding carboxylic acids is 2. The normalized spacial score (nSPS) is 13.0. The Bertz CT molecular complexity index is 766. The van der Waals surface area contributed by atoms with E-state index < -0.39 is 5.97 Å². The number of esters is 1. The first kappa shape index (κ1) is 17.0. The molecule has 1 N–H and O–H groups in total. The minimum absolute atomic E-state index is 0.0993. The van der Waals surface area contributed by atoms with Gasteiger partial charge >= 0.3 is 5.97 Å². The maximum Gasteiger partial charge on any atom is 0.338 e. The van der Waals surface area contributed by atoms with E-state index in [1.807, 2.05) is 0 Å². The molecular weight excluding hydrogens is 324 g/mol. The number of aliphatic hydroxyl groups is 1. The number of hydrogen-bond acceptors (Lipinski definition) is 6. The SMILES string of the molecule is O=C(COC(=O)c1ccc(CO)cc1)c1ccc2c(c1)OCCCO2. The van der Waals surface area contributed by atoms with Crippen molar-refractivity contribution in [3.05, 3.63) is 59.2 Å². The lowest BCUT2D eigenvalue weighted by atomic mass is 10.1. The topological polar surface area (TPSA) is 82.1 Å². The van der Waals surface area contributed by atoms with Gasteiger partial charge in [-0.3, -0.25) is 4.79 Å². The Morgan fingerprint density at radius 1 is 0.960 bits per heavy atom. The Balaban J connectivity index is 1.62. The fourth-order valence-electron chi connectivity index (χ4n) is 2.38. The number of carbonyl (C=O) groups is 2. The lowest BCUT2D eigenvalue weighted by Crippen LogP contribution is -2.14. The van der Waals surface area contributed by atoms with Gasteiger partial charge < -0.3 is 19.3 Å². The van der Waals surface area contributed by atoms with Crippen molar-refractivity contribution in [2.45, 2.75) is 13.0 Å². The lowest BCUT2D eigenvalue weighted by molar-refractivity contribution is 0.0474. The first-order chi connectivity index (χ1) is 12.2. The van der Waals surface area contributed by atoms with E-state index in [-0.39, 0.29) is 19.0 Å². The highest BCUT2D eigenvalue weighted by Gasteiger charge is 2.16. The van der Waals surface area contributed by atoms with Crippen LogP contribution < -0.4 is 9.47 Å². The van der Waals surface area contributed by atoms with Gasteiger partial charge in [0.25, 0.3) is 0 Å². The van der Waals surface area contributed by atoms with Crippen LogP contribution in [0.2, 0.25) is 0 Å². The second-order valence-electron chi connectivity index (χ2n) is 5.57. The Hall–Kier alpha value is -2.86. The highest BCUT2D eigenvalue weighted by atomic mass is 16.5. The molecule has 25 heavy (non-hydrogen) atoms. The number of ether oxygens (including phenoxy) is 3. The summed E-state index contributed by atoms with van der Waals surface area (Å²) in [5, 5.41) is 8.99. The highest BCUT2D eigenvalue weighted by molar-refractivity contribution is 5.99. The average molecular weight is 342 g/mol. The van der Waals surface area contributed by atoms with E-state index in [2.05, 4.69) is 0 Å². The largest absolute Gasteiger partial charge is 0.490 e. The molecule has 0 atom stereocenters. The van der Waals surface area contributed by atoms with Crippen LogP contribution in [0.3, 0.4) is 0 Å². The Morgan fingerprint density at radius 3 is 2.36 bits per heavy atom. The number of rotatable bonds is 5. The van der Waals surface area contributed by atoms with Crippen molar-refractivity contribution >= 4 is 11.8 Å². The van der Waals surface area contributed by atoms with Crippen molar-refractivity contribution in [1.82, 2.24) is 0 Å². The van der Waals surface area contributed by atoms with Crippen molar-refractivity contribution < 1.29 is 28.9 Å². The van der Waals surface area contributed by atoms with E-state index in [0.717, 1.165) is 6.42 Å². The molecule has 0 saturated heterocycles. The van der Waals surface area contributed by atoms with Gasteiger partial charge in [0.15, 0.2) is 23.9 Å². The average Bonchev–Trinajstić information content (AvgIpc) is 2.90. The van der Waals surface area contributed by atoms with Crippen molar-refractivity contribution in [2.75, 3.05) is 19.8 Å². The zero-order chi connectivity index (χ0) is 17.6. The predicted molar refractivity (Wildman–Crippen MR) is 89.0 cm³/mol. The molecule has 6 heteroatoms. The quantitative estimate of drug-likeness (QED) is 0.664. The summed E-state index contributed by atoms with van der Waals surface area (Å²) in [5.74, 6) is 0.215. The number of fused-ring (bicyclic) bond motifs is 1. The van der Waals surface area contributed by atoms with Gasteiger partial charge in [0.05, 0.1) is 25.4 Å². The molecule has 0 saturated carbocycles. The van der Waals surface area contributed by atoms with E-state index in [0.29, 0.717) is 41.4 Å². The smallest absolute Gasteiger partial charge is 0.338 e. The second-order valence-corrected chi connectivity index (χ2v) is 5.57. The van der Waals surface area contributed by atoms with E-state index >= 15 is 0 Å². The zero-order valence-electron chi connectivity index (χ0n) is 13.6. The Labute approximate surface area is 144 Å². The van der Waals surface area contributed by atoms with Crippen molar-refractivity contribution in [2.24, 2.45) is 0 Å². The van der Waals surface area contributed by atoms with Crippen LogP contribution in [-0.4, -0.2) is 36.7 Å². The molecule has 0 bridgehead atoms. The van der Waals surface area contributed by atoms with Crippen LogP contribution in [0.1, 0.15) is 32.7 Å². The third-order valence-electron chi connectivity index (χ3n) is 3.78. The molecule has 3 rings (SSSR count). The van der Waals surface area contributed by atoms with Crippen LogP contribution >= 0.6 is 0 Å². The van der Waals surface area contributed by atoms with Crippen LogP contribution in [0.25, 0.3) is 0 Å². The van der Waals surface area contributed by atoms with Crippen LogP contribution in [0.15, 0.2) is 42.5 Å². The summed E-state index contributed by atoms with van der Waals surface area (Å²) in [5.41, 5.74) is 1.41. The minimum atomic E-state index is -0.591. The molecule has 2 aromatic rings. The van der Waals surface area contributed by atoms with Crippen LogP contribution in [0.4, 0.5) is 0 Å². The first-order valence-electron chi connectivity index (χ1n) is 7.97. The molecule has 1 aliphatic heterocycles. The zero-order valence-corrected chi connectivity index (χ0v) is 13.6. The summed E-state index contributed by atoms with van der Waals surface area (Å²) in [6.07, 6.45) is 0.782. The van der Waals surface area contributed by atoms with Crippen molar-refractivity contribution in [1.29, 1.82) is 0 Å². The molecule has 1 heterocycles. The van der Waals surface area contributed by atoms with Crippen LogP contribution in [0.5, 0.6) is 11.5 Å². The molecule has 1 aliphatic rings. The van der Waals surface area contributed by atoms with Crippen LogP contribution in [0, 0.1) is 0 Å². The molecule has 0 fully saturated rings. The molecule has 0 amide bonds. The summed E-state index contributed by atoms with van der Waals surface area (Å²) < 4.78 is 16.1. The predicted octanol–water partition coefficient (Wildman–Crippen LogP) is 2.38. The third-order valence-corrected chi connectivity index (χ3v) is 3.78. The van der Waals surface area contributed by atoms with Gasteiger partial charge in [-0.2, -0.15) is 0 Å². The number of hydrogen-bond donors (Lipinski definition) is 1. The van der Waals surface area contributed by atoms with E-state index in [4.69, 9.17) is 19.3 Å². The molecule has 0 unspecified atom stereocenters. The van der Waals surface area contributed by atoms with E-state index in [1.54, 1.807) is 42.5 Å². The highest BCUT2D eigenvalue weighted by Crippen LogP contribution is 2.30. The van der Waals surface area contributed by atoms with Gasteiger partial charge in [-0.1, -0.05) is 12.1 Å². The van der Waals surface area contributed by atoms with E-state index in [1.165, 1.54) is 0 Å². The van der Waals surface area contributed by atoms with Gasteiger partial charge in [0, 0.05) is 12.0 Å². The van der Waals surface area contributed by atoms with Gasteiger partial charge in [0.2, 0.25) is 0 Å². The van der Waals surface area contributed by atoms with Gasteiger partial charge in [-0.15, -0.1) is 0 Å². The maximum absolute atomic E-state index is 12.2. The van der Waals surface area contributed by atoms with Crippen molar-refractivity contribution in [3.63, 3.8) is 0 Å². The maximum atomic E-state index is 12.2. The molecule has 130 valence electrons. The fourth-order valence-corrected chi connectivity index (χ4v) is 2.38. The Morgan fingerprint density at radius 2 is 1.64 bits per heavy atom. The summed E-state index contributed by atoms with van der Waals surface area (Å²) >= 11 is 0. The molecule has 0 spiro atoms. The number of aliphatic hydroxyl groups excluding tert-OH is 1. The van der Waals surface area contributed by atoms with Gasteiger partial charge in [-0.25, -0.2) is 4.79 Å². The van der Waals surface area contributed by atoms with Gasteiger partial charge in [-0.05, 0) is 35.9 Å². The number of benzene rings is 2. The Kier molecular flexibility index (Phi) is 5.30. The second kappa shape index (κ2) is 7.81. The standard InChI is InChI=1S/C19H18O6/c20-11-13-2-4-14(5-3-13)19(22)25-12-16(21)15-6-7-17-18(10-15)24-9-1-8-23-17/h2-7,10,20H,1,8-9,11-12H2. The molecule has 6 nitrogen and oxygen atoms in total. The first-order valence-corrected chi connectivity index (χ1v) is 7.97. The van der Waals surface area contributed by atoms with Crippen molar-refractivity contribution in [3.8, 4) is 11.5 Å². The van der Waals surface area contributed by atoms with E-state index in [9.17, 15) is 9.59 Å². The number of Topliss-reactive ketones (excluding diaryl/α,β-unsaturated/α-hetero) is 1. The molecule has 2 aromatic carbocycles.